The van der Waals surface area contributed by atoms with Crippen LogP contribution in [0.1, 0.15) is 25.5 Å². The minimum absolute atomic E-state index is 0.205. The molecule has 0 saturated heterocycles. The van der Waals surface area contributed by atoms with Gasteiger partial charge in [0.2, 0.25) is 0 Å². The number of rotatable bonds is 3. The maximum Gasteiger partial charge on any atom is 0.124 e. The lowest BCUT2D eigenvalue weighted by atomic mass is 9.98. The second kappa shape index (κ2) is 4.28. The van der Waals surface area contributed by atoms with Crippen LogP contribution in [0.3, 0.4) is 0 Å². The average molecular weight is 180 g/mol. The molecule has 1 aromatic carbocycles. The topological polar surface area (TPSA) is 29.5 Å². The molecule has 0 aliphatic rings. The number of ether oxygens (including phenoxy) is 1. The summed E-state index contributed by atoms with van der Waals surface area (Å²) in [5, 5.41) is 9.83. The Labute approximate surface area is 79.2 Å². The summed E-state index contributed by atoms with van der Waals surface area (Å²) in [5.41, 5.74) is 0.861. The Morgan fingerprint density at radius 1 is 1.23 bits per heavy atom. The van der Waals surface area contributed by atoms with Crippen LogP contribution in [0.4, 0.5) is 0 Å². The molecule has 1 rings (SSSR count). The van der Waals surface area contributed by atoms with Crippen molar-refractivity contribution >= 4 is 0 Å². The lowest BCUT2D eigenvalue weighted by Crippen LogP contribution is -2.06. The normalized spacial score (nSPS) is 13.0. The van der Waals surface area contributed by atoms with E-state index in [2.05, 4.69) is 0 Å². The zero-order chi connectivity index (χ0) is 9.84. The molecule has 0 fully saturated rings. The van der Waals surface area contributed by atoms with E-state index in [0.29, 0.717) is 0 Å². The van der Waals surface area contributed by atoms with Crippen LogP contribution in [-0.2, 0) is 0 Å². The average Bonchev–Trinajstić information content (AvgIpc) is 2.16. The molecule has 1 aromatic rings. The van der Waals surface area contributed by atoms with E-state index in [1.165, 1.54) is 0 Å². The van der Waals surface area contributed by atoms with Crippen LogP contribution in [0.2, 0.25) is 0 Å². The molecule has 0 saturated carbocycles. The quantitative estimate of drug-likeness (QED) is 0.773. The third-order valence-corrected chi connectivity index (χ3v) is 2.09. The highest BCUT2D eigenvalue weighted by Crippen LogP contribution is 2.29. The SMILES string of the molecule is COc1ccccc1[C@@H](O)C(C)C. The number of para-hydroxylation sites is 1. The van der Waals surface area contributed by atoms with Gasteiger partial charge in [-0.15, -0.1) is 0 Å². The van der Waals surface area contributed by atoms with Gasteiger partial charge in [0, 0.05) is 5.56 Å². The van der Waals surface area contributed by atoms with E-state index in [9.17, 15) is 5.11 Å². The summed E-state index contributed by atoms with van der Waals surface area (Å²) in [4.78, 5) is 0. The summed E-state index contributed by atoms with van der Waals surface area (Å²) in [7, 11) is 1.62. The first kappa shape index (κ1) is 10.1. The van der Waals surface area contributed by atoms with Crippen LogP contribution in [0, 0.1) is 5.92 Å². The van der Waals surface area contributed by atoms with E-state index in [0.717, 1.165) is 11.3 Å². The van der Waals surface area contributed by atoms with Crippen molar-refractivity contribution in [3.05, 3.63) is 29.8 Å². The monoisotopic (exact) mass is 180 g/mol. The maximum atomic E-state index is 9.83. The summed E-state index contributed by atoms with van der Waals surface area (Å²) >= 11 is 0. The lowest BCUT2D eigenvalue weighted by Gasteiger charge is -2.17. The molecule has 1 atom stereocenters. The number of hydrogen-bond donors (Lipinski definition) is 1. The van der Waals surface area contributed by atoms with Gasteiger partial charge in [-0.3, -0.25) is 0 Å². The smallest absolute Gasteiger partial charge is 0.124 e. The zero-order valence-corrected chi connectivity index (χ0v) is 8.32. The van der Waals surface area contributed by atoms with E-state index >= 15 is 0 Å². The first-order chi connectivity index (χ1) is 6.16. The molecule has 0 bridgehead atoms. The molecule has 2 nitrogen and oxygen atoms in total. The molecule has 2 heteroatoms. The Hall–Kier alpha value is -1.02. The molecule has 0 aliphatic heterocycles. The fourth-order valence-corrected chi connectivity index (χ4v) is 1.27. The summed E-state index contributed by atoms with van der Waals surface area (Å²) in [6.45, 7) is 3.97. The van der Waals surface area contributed by atoms with E-state index in [-0.39, 0.29) is 5.92 Å². The predicted octanol–water partition coefficient (Wildman–Crippen LogP) is 2.38. The van der Waals surface area contributed by atoms with Crippen molar-refractivity contribution < 1.29 is 9.84 Å². The van der Waals surface area contributed by atoms with Gasteiger partial charge >= 0.3 is 0 Å². The van der Waals surface area contributed by atoms with Gasteiger partial charge in [-0.1, -0.05) is 32.0 Å². The second-order valence-electron chi connectivity index (χ2n) is 3.43. The minimum atomic E-state index is -0.448. The Balaban J connectivity index is 2.98. The molecule has 0 amide bonds. The summed E-state index contributed by atoms with van der Waals surface area (Å²) in [6, 6.07) is 7.56. The van der Waals surface area contributed by atoms with Gasteiger partial charge in [-0.2, -0.15) is 0 Å². The molecule has 72 valence electrons. The third-order valence-electron chi connectivity index (χ3n) is 2.09. The van der Waals surface area contributed by atoms with Crippen LogP contribution in [0.15, 0.2) is 24.3 Å². The minimum Gasteiger partial charge on any atom is -0.496 e. The summed E-state index contributed by atoms with van der Waals surface area (Å²) in [6.07, 6.45) is -0.448. The molecule has 0 unspecified atom stereocenters. The molecule has 0 radical (unpaired) electrons. The predicted molar refractivity (Wildman–Crippen MR) is 52.8 cm³/mol. The molecular weight excluding hydrogens is 164 g/mol. The van der Waals surface area contributed by atoms with Crippen molar-refractivity contribution in [3.8, 4) is 5.75 Å². The number of aliphatic hydroxyl groups excluding tert-OH is 1. The van der Waals surface area contributed by atoms with Crippen LogP contribution in [-0.4, -0.2) is 12.2 Å². The maximum absolute atomic E-state index is 9.83. The molecular formula is C11H16O2. The molecule has 0 aliphatic carbocycles. The van der Waals surface area contributed by atoms with Gasteiger partial charge in [-0.25, -0.2) is 0 Å². The van der Waals surface area contributed by atoms with Crippen LogP contribution < -0.4 is 4.74 Å². The van der Waals surface area contributed by atoms with Crippen LogP contribution >= 0.6 is 0 Å². The fraction of sp³-hybridized carbons (Fsp3) is 0.455. The van der Waals surface area contributed by atoms with Gasteiger partial charge in [-0.05, 0) is 12.0 Å². The highest BCUT2D eigenvalue weighted by atomic mass is 16.5. The Morgan fingerprint density at radius 2 is 1.85 bits per heavy atom. The number of hydrogen-bond acceptors (Lipinski definition) is 2. The standard InChI is InChI=1S/C11H16O2/c1-8(2)11(12)9-6-4-5-7-10(9)13-3/h4-8,11-12H,1-3H3/t11-/m0/s1. The highest BCUT2D eigenvalue weighted by molar-refractivity contribution is 5.35. The Morgan fingerprint density at radius 3 is 2.38 bits per heavy atom. The van der Waals surface area contributed by atoms with Crippen LogP contribution in [0.25, 0.3) is 0 Å². The number of aliphatic hydroxyl groups is 1. The van der Waals surface area contributed by atoms with Crippen LogP contribution in [0.5, 0.6) is 5.75 Å². The van der Waals surface area contributed by atoms with Gasteiger partial charge < -0.3 is 9.84 Å². The molecule has 13 heavy (non-hydrogen) atoms. The van der Waals surface area contributed by atoms with Gasteiger partial charge in [0.1, 0.15) is 5.75 Å². The molecule has 0 spiro atoms. The first-order valence-corrected chi connectivity index (χ1v) is 4.47. The first-order valence-electron chi connectivity index (χ1n) is 4.47. The van der Waals surface area contributed by atoms with Crippen molar-refractivity contribution in [2.24, 2.45) is 5.92 Å². The van der Waals surface area contributed by atoms with Crippen molar-refractivity contribution in [2.75, 3.05) is 7.11 Å². The van der Waals surface area contributed by atoms with E-state index < -0.39 is 6.10 Å². The number of benzene rings is 1. The van der Waals surface area contributed by atoms with E-state index in [1.807, 2.05) is 38.1 Å². The largest absolute Gasteiger partial charge is 0.496 e. The molecule has 0 heterocycles. The van der Waals surface area contributed by atoms with Crippen molar-refractivity contribution in [2.45, 2.75) is 20.0 Å². The molecule has 0 aromatic heterocycles. The van der Waals surface area contributed by atoms with Crippen molar-refractivity contribution in [1.29, 1.82) is 0 Å². The Kier molecular flexibility index (Phi) is 3.32. The Bertz CT molecular complexity index is 269. The van der Waals surface area contributed by atoms with E-state index in [4.69, 9.17) is 4.74 Å². The summed E-state index contributed by atoms with van der Waals surface area (Å²) < 4.78 is 5.16. The van der Waals surface area contributed by atoms with Crippen molar-refractivity contribution in [1.82, 2.24) is 0 Å². The summed E-state index contributed by atoms with van der Waals surface area (Å²) in [5.74, 6) is 0.958. The zero-order valence-electron chi connectivity index (χ0n) is 8.32. The number of methoxy groups -OCH3 is 1. The van der Waals surface area contributed by atoms with Gasteiger partial charge in [0.05, 0.1) is 13.2 Å². The molecule has 1 N–H and O–H groups in total. The lowest BCUT2D eigenvalue weighted by molar-refractivity contribution is 0.123. The highest BCUT2D eigenvalue weighted by Gasteiger charge is 2.15. The second-order valence-corrected chi connectivity index (χ2v) is 3.43. The van der Waals surface area contributed by atoms with E-state index in [1.54, 1.807) is 7.11 Å². The van der Waals surface area contributed by atoms with Gasteiger partial charge in [0.25, 0.3) is 0 Å². The van der Waals surface area contributed by atoms with Crippen molar-refractivity contribution in [3.63, 3.8) is 0 Å². The van der Waals surface area contributed by atoms with Gasteiger partial charge in [0.15, 0.2) is 0 Å². The third kappa shape index (κ3) is 2.22. The fourth-order valence-electron chi connectivity index (χ4n) is 1.27.